The van der Waals surface area contributed by atoms with Crippen LogP contribution in [-0.4, -0.2) is 78.9 Å². The summed E-state index contributed by atoms with van der Waals surface area (Å²) >= 11 is 0. The van der Waals surface area contributed by atoms with E-state index in [2.05, 4.69) is 10.2 Å². The minimum absolute atomic E-state index is 0. The summed E-state index contributed by atoms with van der Waals surface area (Å²) < 4.78 is 32.6. The molecule has 40 heavy (non-hydrogen) atoms. The van der Waals surface area contributed by atoms with E-state index in [1.165, 1.54) is 4.90 Å². The average Bonchev–Trinajstić information content (AvgIpc) is 3.46. The molecule has 0 aliphatic carbocycles. The zero-order valence-electron chi connectivity index (χ0n) is 23.0. The standard InChI is InChI=1S/C30H38F2N4O3.ClH/c1-39-25-9-7-23(8-10-25)20-36-21-29(19-27(36)37)12-16-34(17-13-29)15-11-26(24-5-3-2-4-6-24)33-28(38)35-18-14-30(31,32)22-35;/h2-10,26H,11-22H2,1H3,(H,33,38);1H/t26-;/m0./s1. The SMILES string of the molecule is COc1ccc(CN2CC3(CCN(CC[C@H](NC(=O)N4CCC(F)(F)C4)c4ccccc4)CC3)CC2=O)cc1.Cl. The van der Waals surface area contributed by atoms with Gasteiger partial charge in [0.15, 0.2) is 0 Å². The largest absolute Gasteiger partial charge is 0.497 e. The summed E-state index contributed by atoms with van der Waals surface area (Å²) in [5.41, 5.74) is 2.10. The molecule has 3 fully saturated rings. The number of rotatable bonds is 8. The third-order valence-electron chi connectivity index (χ3n) is 8.54. The molecular weight excluding hydrogens is 538 g/mol. The minimum Gasteiger partial charge on any atom is -0.497 e. The average molecular weight is 577 g/mol. The Kier molecular flexibility index (Phi) is 9.56. The fourth-order valence-corrected chi connectivity index (χ4v) is 6.13. The summed E-state index contributed by atoms with van der Waals surface area (Å²) in [4.78, 5) is 31.3. The van der Waals surface area contributed by atoms with Crippen LogP contribution in [0.4, 0.5) is 13.6 Å². The van der Waals surface area contributed by atoms with Crippen LogP contribution in [0.25, 0.3) is 0 Å². The predicted molar refractivity (Wildman–Crippen MR) is 152 cm³/mol. The lowest BCUT2D eigenvalue weighted by Crippen LogP contribution is -2.44. The molecule has 3 aliphatic heterocycles. The van der Waals surface area contributed by atoms with Crippen LogP contribution in [0.15, 0.2) is 54.6 Å². The van der Waals surface area contributed by atoms with Crippen molar-refractivity contribution in [2.45, 2.75) is 50.6 Å². The third-order valence-corrected chi connectivity index (χ3v) is 8.54. The smallest absolute Gasteiger partial charge is 0.318 e. The number of piperidine rings is 1. The quantitative estimate of drug-likeness (QED) is 0.474. The highest BCUT2D eigenvalue weighted by molar-refractivity contribution is 5.85. The van der Waals surface area contributed by atoms with Crippen molar-refractivity contribution in [3.8, 4) is 5.75 Å². The molecule has 3 heterocycles. The molecule has 1 spiro atoms. The van der Waals surface area contributed by atoms with Gasteiger partial charge in [0.2, 0.25) is 5.91 Å². The second-order valence-electron chi connectivity index (χ2n) is 11.3. The first-order valence-electron chi connectivity index (χ1n) is 13.9. The van der Waals surface area contributed by atoms with Crippen LogP contribution < -0.4 is 10.1 Å². The molecule has 5 rings (SSSR count). The molecule has 0 bridgehead atoms. The molecule has 218 valence electrons. The molecule has 3 amide bonds. The molecule has 2 aromatic carbocycles. The van der Waals surface area contributed by atoms with E-state index < -0.39 is 18.5 Å². The van der Waals surface area contributed by atoms with Crippen molar-refractivity contribution in [1.82, 2.24) is 20.0 Å². The van der Waals surface area contributed by atoms with Gasteiger partial charge in [0.05, 0.1) is 19.7 Å². The van der Waals surface area contributed by atoms with E-state index in [-0.39, 0.29) is 42.7 Å². The van der Waals surface area contributed by atoms with Crippen molar-refractivity contribution in [1.29, 1.82) is 0 Å². The number of benzene rings is 2. The number of carbonyl (C=O) groups is 2. The van der Waals surface area contributed by atoms with Gasteiger partial charge in [-0.25, -0.2) is 13.6 Å². The normalized spacial score (nSPS) is 20.8. The number of ether oxygens (including phenoxy) is 1. The Bertz CT molecular complexity index is 1140. The summed E-state index contributed by atoms with van der Waals surface area (Å²) in [6.45, 7) is 3.54. The highest BCUT2D eigenvalue weighted by atomic mass is 35.5. The van der Waals surface area contributed by atoms with E-state index in [0.29, 0.717) is 19.4 Å². The Morgan fingerprint density at radius 2 is 1.70 bits per heavy atom. The number of likely N-dealkylation sites (tertiary alicyclic amines) is 3. The Hall–Kier alpha value is -2.91. The van der Waals surface area contributed by atoms with Gasteiger partial charge < -0.3 is 24.8 Å². The summed E-state index contributed by atoms with van der Waals surface area (Å²) in [5.74, 6) is -1.78. The van der Waals surface area contributed by atoms with Gasteiger partial charge in [-0.2, -0.15) is 0 Å². The summed E-state index contributed by atoms with van der Waals surface area (Å²) in [6.07, 6.45) is 2.92. The zero-order chi connectivity index (χ0) is 27.5. The first kappa shape index (κ1) is 30.1. The number of methoxy groups -OCH3 is 1. The number of halogens is 3. The first-order chi connectivity index (χ1) is 18.7. The number of hydrogen-bond donors (Lipinski definition) is 1. The number of alkyl halides is 2. The highest BCUT2D eigenvalue weighted by Gasteiger charge is 2.45. The fourth-order valence-electron chi connectivity index (χ4n) is 6.13. The molecule has 0 unspecified atom stereocenters. The highest BCUT2D eigenvalue weighted by Crippen LogP contribution is 2.41. The van der Waals surface area contributed by atoms with E-state index >= 15 is 0 Å². The summed E-state index contributed by atoms with van der Waals surface area (Å²) in [6, 6.07) is 16.9. The third kappa shape index (κ3) is 7.23. The van der Waals surface area contributed by atoms with Gasteiger partial charge in [-0.1, -0.05) is 42.5 Å². The van der Waals surface area contributed by atoms with E-state index in [1.54, 1.807) is 7.11 Å². The number of nitrogens with one attached hydrogen (secondary N) is 1. The Morgan fingerprint density at radius 3 is 2.33 bits per heavy atom. The number of nitrogens with zero attached hydrogens (tertiary/aromatic N) is 3. The van der Waals surface area contributed by atoms with Crippen molar-refractivity contribution in [3.63, 3.8) is 0 Å². The maximum atomic E-state index is 13.7. The lowest BCUT2D eigenvalue weighted by Gasteiger charge is -2.39. The molecule has 3 saturated heterocycles. The van der Waals surface area contributed by atoms with Gasteiger partial charge >= 0.3 is 6.03 Å². The number of carbonyl (C=O) groups excluding carboxylic acids is 2. The van der Waals surface area contributed by atoms with Crippen LogP contribution in [0.3, 0.4) is 0 Å². The Labute approximate surface area is 241 Å². The van der Waals surface area contributed by atoms with Gasteiger partial charge in [0.1, 0.15) is 5.75 Å². The first-order valence-corrected chi connectivity index (χ1v) is 13.9. The molecule has 2 aromatic rings. The van der Waals surface area contributed by atoms with Gasteiger partial charge in [0, 0.05) is 39.0 Å². The topological polar surface area (TPSA) is 65.1 Å². The molecule has 10 heteroatoms. The van der Waals surface area contributed by atoms with Crippen molar-refractivity contribution in [2.75, 3.05) is 46.4 Å². The van der Waals surface area contributed by atoms with Gasteiger partial charge in [-0.3, -0.25) is 4.79 Å². The molecule has 7 nitrogen and oxygen atoms in total. The van der Waals surface area contributed by atoms with Crippen molar-refractivity contribution >= 4 is 24.3 Å². The second-order valence-corrected chi connectivity index (χ2v) is 11.3. The van der Waals surface area contributed by atoms with Crippen LogP contribution in [-0.2, 0) is 11.3 Å². The molecule has 0 radical (unpaired) electrons. The lowest BCUT2D eigenvalue weighted by atomic mass is 9.77. The van der Waals surface area contributed by atoms with E-state index in [0.717, 1.165) is 55.9 Å². The van der Waals surface area contributed by atoms with E-state index in [9.17, 15) is 18.4 Å². The number of urea groups is 1. The van der Waals surface area contributed by atoms with Gasteiger partial charge in [0.25, 0.3) is 5.92 Å². The Balaban J connectivity index is 0.00000370. The molecule has 1 atom stereocenters. The van der Waals surface area contributed by atoms with E-state index in [1.807, 2.05) is 59.5 Å². The van der Waals surface area contributed by atoms with Crippen LogP contribution >= 0.6 is 12.4 Å². The summed E-state index contributed by atoms with van der Waals surface area (Å²) in [7, 11) is 1.64. The molecular formula is C30H39ClF2N4O3. The lowest BCUT2D eigenvalue weighted by molar-refractivity contribution is -0.128. The van der Waals surface area contributed by atoms with Crippen molar-refractivity contribution in [3.05, 3.63) is 65.7 Å². The second kappa shape index (κ2) is 12.7. The number of hydrogen-bond acceptors (Lipinski definition) is 4. The molecule has 0 saturated carbocycles. The van der Waals surface area contributed by atoms with Crippen LogP contribution in [0.1, 0.15) is 49.3 Å². The van der Waals surface area contributed by atoms with Crippen LogP contribution in [0.2, 0.25) is 0 Å². The van der Waals surface area contributed by atoms with Gasteiger partial charge in [-0.15, -0.1) is 12.4 Å². The molecule has 0 aromatic heterocycles. The van der Waals surface area contributed by atoms with Crippen molar-refractivity contribution < 1.29 is 23.1 Å². The monoisotopic (exact) mass is 576 g/mol. The Morgan fingerprint density at radius 1 is 1.00 bits per heavy atom. The van der Waals surface area contributed by atoms with Crippen molar-refractivity contribution in [2.24, 2.45) is 5.41 Å². The zero-order valence-corrected chi connectivity index (χ0v) is 23.8. The predicted octanol–water partition coefficient (Wildman–Crippen LogP) is 5.11. The molecule has 3 aliphatic rings. The number of amides is 3. The van der Waals surface area contributed by atoms with Crippen LogP contribution in [0.5, 0.6) is 5.75 Å². The maximum absolute atomic E-state index is 13.7. The molecule has 1 N–H and O–H groups in total. The van der Waals surface area contributed by atoms with Gasteiger partial charge in [-0.05, 0) is 61.0 Å². The minimum atomic E-state index is -2.81. The fraction of sp³-hybridized carbons (Fsp3) is 0.533. The maximum Gasteiger partial charge on any atom is 0.318 e. The summed E-state index contributed by atoms with van der Waals surface area (Å²) in [5, 5.41) is 3.01. The van der Waals surface area contributed by atoms with Crippen LogP contribution in [0, 0.1) is 5.41 Å². The van der Waals surface area contributed by atoms with E-state index in [4.69, 9.17) is 4.74 Å².